The monoisotopic (exact) mass is 227 g/mol. The van der Waals surface area contributed by atoms with E-state index in [1.807, 2.05) is 25.2 Å². The number of rotatable bonds is 4. The molecule has 0 bridgehead atoms. The quantitative estimate of drug-likeness (QED) is 0.829. The van der Waals surface area contributed by atoms with Gasteiger partial charge in [-0.2, -0.15) is 0 Å². The molecule has 1 rings (SSSR count). The fourth-order valence-electron chi connectivity index (χ4n) is 1.47. The van der Waals surface area contributed by atoms with Crippen molar-refractivity contribution in [2.24, 2.45) is 0 Å². The number of aliphatic hydroxyl groups is 1. The Morgan fingerprint density at radius 3 is 2.40 bits per heavy atom. The number of nitrogens with one attached hydrogen (secondary N) is 1. The van der Waals surface area contributed by atoms with Crippen molar-refractivity contribution < 1.29 is 5.11 Å². The van der Waals surface area contributed by atoms with E-state index in [0.29, 0.717) is 17.5 Å². The molecule has 1 aromatic rings. The van der Waals surface area contributed by atoms with Crippen LogP contribution in [0.5, 0.6) is 0 Å². The van der Waals surface area contributed by atoms with Gasteiger partial charge in [-0.1, -0.05) is 31.5 Å². The summed E-state index contributed by atoms with van der Waals surface area (Å²) in [6, 6.07) is 5.77. The summed E-state index contributed by atoms with van der Waals surface area (Å²) in [5.74, 6) is 0.421. The summed E-state index contributed by atoms with van der Waals surface area (Å²) in [6.07, 6.45) is -0.494. The number of hydrogen-bond acceptors (Lipinski definition) is 2. The molecule has 3 heteroatoms. The average Bonchev–Trinajstić information content (AvgIpc) is 2.17. The topological polar surface area (TPSA) is 32.3 Å². The van der Waals surface area contributed by atoms with E-state index in [-0.39, 0.29) is 0 Å². The lowest BCUT2D eigenvalue weighted by Crippen LogP contribution is -2.16. The maximum Gasteiger partial charge on any atom is 0.0914 e. The van der Waals surface area contributed by atoms with Crippen LogP contribution in [0.25, 0.3) is 0 Å². The number of likely N-dealkylation sites (N-methyl/N-ethyl adjacent to an activating group) is 1. The predicted molar refractivity (Wildman–Crippen MR) is 64.4 cm³/mol. The normalized spacial score (nSPS) is 13.2. The third kappa shape index (κ3) is 3.49. The molecule has 0 saturated heterocycles. The van der Waals surface area contributed by atoms with Gasteiger partial charge >= 0.3 is 0 Å². The molecule has 1 unspecified atom stereocenters. The number of halogens is 1. The molecule has 0 heterocycles. The van der Waals surface area contributed by atoms with Crippen LogP contribution in [0.2, 0.25) is 5.02 Å². The van der Waals surface area contributed by atoms with Crippen LogP contribution in [-0.4, -0.2) is 18.7 Å². The summed E-state index contributed by atoms with van der Waals surface area (Å²) in [6.45, 7) is 4.76. The Balaban J connectivity index is 2.98. The maximum atomic E-state index is 9.83. The molecule has 1 atom stereocenters. The van der Waals surface area contributed by atoms with Crippen molar-refractivity contribution in [3.05, 3.63) is 34.3 Å². The van der Waals surface area contributed by atoms with E-state index in [1.54, 1.807) is 0 Å². The smallest absolute Gasteiger partial charge is 0.0914 e. The summed E-state index contributed by atoms with van der Waals surface area (Å²) in [4.78, 5) is 0. The highest BCUT2D eigenvalue weighted by molar-refractivity contribution is 6.30. The molecule has 0 aliphatic carbocycles. The average molecular weight is 228 g/mol. The standard InChI is InChI=1S/C12H18ClNO/c1-8(2)9-4-10(6-11(13)5-9)12(15)7-14-3/h4-6,8,12,14-15H,7H2,1-3H3. The Kier molecular flexibility index (Phi) is 4.58. The highest BCUT2D eigenvalue weighted by Gasteiger charge is 2.10. The van der Waals surface area contributed by atoms with Gasteiger partial charge < -0.3 is 10.4 Å². The van der Waals surface area contributed by atoms with Crippen LogP contribution in [0.4, 0.5) is 0 Å². The molecule has 0 fully saturated rings. The van der Waals surface area contributed by atoms with Crippen LogP contribution >= 0.6 is 11.6 Å². The third-order valence-electron chi connectivity index (χ3n) is 2.39. The van der Waals surface area contributed by atoms with E-state index in [4.69, 9.17) is 11.6 Å². The second kappa shape index (κ2) is 5.50. The Hall–Kier alpha value is -0.570. The molecule has 0 aromatic heterocycles. The van der Waals surface area contributed by atoms with Gasteiger partial charge in [0.15, 0.2) is 0 Å². The molecule has 0 aliphatic heterocycles. The van der Waals surface area contributed by atoms with Crippen LogP contribution in [0.15, 0.2) is 18.2 Å². The first-order valence-electron chi connectivity index (χ1n) is 5.17. The molecule has 15 heavy (non-hydrogen) atoms. The Morgan fingerprint density at radius 1 is 1.27 bits per heavy atom. The summed E-state index contributed by atoms with van der Waals surface area (Å²) in [5.41, 5.74) is 2.04. The zero-order chi connectivity index (χ0) is 11.4. The Bertz CT molecular complexity index is 325. The van der Waals surface area contributed by atoms with Gasteiger partial charge in [0.25, 0.3) is 0 Å². The first-order chi connectivity index (χ1) is 7.04. The van der Waals surface area contributed by atoms with E-state index < -0.39 is 6.10 Å². The molecule has 1 aromatic carbocycles. The van der Waals surface area contributed by atoms with Gasteiger partial charge in [0.2, 0.25) is 0 Å². The van der Waals surface area contributed by atoms with Crippen molar-refractivity contribution in [3.8, 4) is 0 Å². The molecular weight excluding hydrogens is 210 g/mol. The molecule has 0 aliphatic rings. The van der Waals surface area contributed by atoms with E-state index in [1.165, 1.54) is 0 Å². The molecule has 2 N–H and O–H groups in total. The van der Waals surface area contributed by atoms with Gasteiger partial charge in [0, 0.05) is 11.6 Å². The second-order valence-corrected chi connectivity index (χ2v) is 4.48. The highest BCUT2D eigenvalue weighted by atomic mass is 35.5. The molecule has 2 nitrogen and oxygen atoms in total. The van der Waals surface area contributed by atoms with Gasteiger partial charge in [-0.15, -0.1) is 0 Å². The van der Waals surface area contributed by atoms with E-state index >= 15 is 0 Å². The van der Waals surface area contributed by atoms with Crippen molar-refractivity contribution in [1.82, 2.24) is 5.32 Å². The van der Waals surface area contributed by atoms with Crippen LogP contribution in [0.1, 0.15) is 37.0 Å². The zero-order valence-electron chi connectivity index (χ0n) is 9.42. The van der Waals surface area contributed by atoms with Gasteiger partial charge in [-0.3, -0.25) is 0 Å². The van der Waals surface area contributed by atoms with Crippen molar-refractivity contribution in [2.75, 3.05) is 13.6 Å². The van der Waals surface area contributed by atoms with E-state index in [2.05, 4.69) is 19.2 Å². The lowest BCUT2D eigenvalue weighted by atomic mass is 9.98. The van der Waals surface area contributed by atoms with Crippen molar-refractivity contribution in [2.45, 2.75) is 25.9 Å². The minimum absolute atomic E-state index is 0.421. The summed E-state index contributed by atoms with van der Waals surface area (Å²) >= 11 is 6.01. The predicted octanol–water partition coefficient (Wildman–Crippen LogP) is 2.72. The first-order valence-corrected chi connectivity index (χ1v) is 5.55. The zero-order valence-corrected chi connectivity index (χ0v) is 10.2. The van der Waals surface area contributed by atoms with Gasteiger partial charge in [-0.25, -0.2) is 0 Å². The molecular formula is C12H18ClNO. The lowest BCUT2D eigenvalue weighted by Gasteiger charge is -2.14. The molecule has 0 radical (unpaired) electrons. The Labute approximate surface area is 96.3 Å². The lowest BCUT2D eigenvalue weighted by molar-refractivity contribution is 0.177. The van der Waals surface area contributed by atoms with Crippen molar-refractivity contribution in [3.63, 3.8) is 0 Å². The van der Waals surface area contributed by atoms with E-state index in [0.717, 1.165) is 11.1 Å². The Morgan fingerprint density at radius 2 is 1.87 bits per heavy atom. The van der Waals surface area contributed by atoms with Crippen LogP contribution < -0.4 is 5.32 Å². The molecule has 0 spiro atoms. The minimum atomic E-state index is -0.494. The maximum absolute atomic E-state index is 9.83. The molecule has 0 saturated carbocycles. The first kappa shape index (κ1) is 12.5. The third-order valence-corrected chi connectivity index (χ3v) is 2.61. The van der Waals surface area contributed by atoms with E-state index in [9.17, 15) is 5.11 Å². The SMILES string of the molecule is CNCC(O)c1cc(Cl)cc(C(C)C)c1. The summed E-state index contributed by atoms with van der Waals surface area (Å²) < 4.78 is 0. The summed E-state index contributed by atoms with van der Waals surface area (Å²) in [7, 11) is 1.82. The van der Waals surface area contributed by atoms with Crippen molar-refractivity contribution >= 4 is 11.6 Å². The minimum Gasteiger partial charge on any atom is -0.387 e. The number of aliphatic hydroxyl groups excluding tert-OH is 1. The van der Waals surface area contributed by atoms with Crippen LogP contribution in [-0.2, 0) is 0 Å². The highest BCUT2D eigenvalue weighted by Crippen LogP contribution is 2.24. The van der Waals surface area contributed by atoms with Crippen LogP contribution in [0.3, 0.4) is 0 Å². The van der Waals surface area contributed by atoms with Crippen molar-refractivity contribution in [1.29, 1.82) is 0 Å². The summed E-state index contributed by atoms with van der Waals surface area (Å²) in [5, 5.41) is 13.5. The largest absolute Gasteiger partial charge is 0.387 e. The fourth-order valence-corrected chi connectivity index (χ4v) is 1.72. The fraction of sp³-hybridized carbons (Fsp3) is 0.500. The van der Waals surface area contributed by atoms with Gasteiger partial charge in [0.05, 0.1) is 6.10 Å². The van der Waals surface area contributed by atoms with Crippen LogP contribution in [0, 0.1) is 0 Å². The molecule has 84 valence electrons. The second-order valence-electron chi connectivity index (χ2n) is 4.05. The molecule has 0 amide bonds. The number of hydrogen-bond donors (Lipinski definition) is 2. The number of benzene rings is 1. The van der Waals surface area contributed by atoms with Gasteiger partial charge in [-0.05, 0) is 36.2 Å². The van der Waals surface area contributed by atoms with Gasteiger partial charge in [0.1, 0.15) is 0 Å².